The van der Waals surface area contributed by atoms with Crippen molar-refractivity contribution in [1.82, 2.24) is 0 Å². The fraction of sp³-hybridized carbons (Fsp3) is 0.875. The first-order valence-corrected chi connectivity index (χ1v) is 14.2. The van der Waals surface area contributed by atoms with Gasteiger partial charge in [0.15, 0.2) is 18.5 Å². The summed E-state index contributed by atoms with van der Waals surface area (Å²) in [5.74, 6) is -0.951. The summed E-state index contributed by atoms with van der Waals surface area (Å²) in [5, 5.41) is 0. The molecule has 0 saturated carbocycles. The lowest BCUT2D eigenvalue weighted by molar-refractivity contribution is -0.870. The number of carbonyl (C=O) groups is 2. The number of methoxy groups -OCH3 is 1. The van der Waals surface area contributed by atoms with Gasteiger partial charge in [0.05, 0.1) is 27.7 Å². The van der Waals surface area contributed by atoms with Gasteiger partial charge in [0, 0.05) is 20.0 Å². The van der Waals surface area contributed by atoms with Gasteiger partial charge in [-0.25, -0.2) is 11.1 Å². The fourth-order valence-corrected chi connectivity index (χ4v) is 4.41. The van der Waals surface area contributed by atoms with Crippen LogP contribution in [0.2, 0.25) is 0 Å². The van der Waals surface area contributed by atoms with E-state index in [1.807, 2.05) is 35.0 Å². The number of hydrogen-bond donors (Lipinski definition) is 0. The van der Waals surface area contributed by atoms with Gasteiger partial charge in [0.2, 0.25) is 6.54 Å². The van der Waals surface area contributed by atoms with Gasteiger partial charge in [-0.15, -0.1) is 0 Å². The number of likely N-dealkylation sites (N-methyl/N-ethyl adjacent to an activating group) is 1. The zero-order valence-corrected chi connectivity index (χ0v) is 23.9. The number of hydrogen-bond acceptors (Lipinski definition) is 10. The predicted molar refractivity (Wildman–Crippen MR) is 134 cm³/mol. The van der Waals surface area contributed by atoms with Crippen molar-refractivity contribution in [2.24, 2.45) is 0 Å². The number of unbranched alkanes of at least 4 members (excludes halogenated alkanes) is 2. The number of ether oxygens (including phenoxy) is 4. The molecule has 1 saturated heterocycles. The molecule has 5 atom stereocenters. The summed E-state index contributed by atoms with van der Waals surface area (Å²) in [5.41, 5.74) is 0. The predicted octanol–water partition coefficient (Wildman–Crippen LogP) is 3.35. The maximum atomic E-state index is 13.3. The standard InChI is InChI=1S/C24H44N2O10P/c1-8-10-12-20(27)35-22-19(34-24(30-7)23(22)36-21(28)13-11-9-2)18-33-37(29,31-16-14-25-3)32-17-15-26(4,5)6/h19,22-24H,8-18H2,1-2,4-7H3/q+1. The van der Waals surface area contributed by atoms with Gasteiger partial charge in [-0.05, 0) is 12.8 Å². The third kappa shape index (κ3) is 13.2. The highest BCUT2D eigenvalue weighted by Crippen LogP contribution is 2.50. The van der Waals surface area contributed by atoms with Crippen LogP contribution in [0.3, 0.4) is 0 Å². The van der Waals surface area contributed by atoms with Crippen molar-refractivity contribution in [1.29, 1.82) is 0 Å². The molecule has 5 unspecified atom stereocenters. The molecule has 214 valence electrons. The normalized spacial score (nSPS) is 23.3. The van der Waals surface area contributed by atoms with Crippen LogP contribution in [0, 0.1) is 6.57 Å². The van der Waals surface area contributed by atoms with Gasteiger partial charge < -0.3 is 28.3 Å². The van der Waals surface area contributed by atoms with E-state index < -0.39 is 44.4 Å². The van der Waals surface area contributed by atoms with Crippen molar-refractivity contribution in [3.05, 3.63) is 11.4 Å². The van der Waals surface area contributed by atoms with Gasteiger partial charge in [-0.3, -0.25) is 23.2 Å². The van der Waals surface area contributed by atoms with Crippen LogP contribution in [0.5, 0.6) is 0 Å². The van der Waals surface area contributed by atoms with E-state index >= 15 is 0 Å². The van der Waals surface area contributed by atoms with E-state index in [2.05, 4.69) is 4.85 Å². The lowest BCUT2D eigenvalue weighted by atomic mass is 10.1. The third-order valence-electron chi connectivity index (χ3n) is 5.36. The van der Waals surface area contributed by atoms with Gasteiger partial charge in [0.25, 0.3) is 0 Å². The van der Waals surface area contributed by atoms with Crippen LogP contribution in [0.1, 0.15) is 52.4 Å². The first-order valence-electron chi connectivity index (χ1n) is 12.7. The largest absolute Gasteiger partial charge is 0.475 e. The van der Waals surface area contributed by atoms with Crippen LogP contribution in [-0.4, -0.2) is 102 Å². The van der Waals surface area contributed by atoms with Crippen molar-refractivity contribution < 1.29 is 51.2 Å². The molecular formula is C24H44N2O10P+. The minimum atomic E-state index is -4.08. The van der Waals surface area contributed by atoms with E-state index in [1.54, 1.807) is 0 Å². The molecule has 1 fully saturated rings. The van der Waals surface area contributed by atoms with Crippen LogP contribution in [-0.2, 0) is 46.7 Å². The Morgan fingerprint density at radius 2 is 1.51 bits per heavy atom. The van der Waals surface area contributed by atoms with Crippen LogP contribution in [0.25, 0.3) is 4.85 Å². The summed E-state index contributed by atoms with van der Waals surface area (Å²) < 4.78 is 52.6. The molecule has 0 bridgehead atoms. The number of carbonyl (C=O) groups excluding carboxylic acids is 2. The first-order chi connectivity index (χ1) is 17.5. The fourth-order valence-electron chi connectivity index (χ4n) is 3.25. The Bertz CT molecular complexity index is 782. The molecule has 13 heteroatoms. The summed E-state index contributed by atoms with van der Waals surface area (Å²) in [6.45, 7) is 10.9. The molecule has 37 heavy (non-hydrogen) atoms. The Balaban J connectivity index is 3.03. The molecule has 0 aromatic heterocycles. The van der Waals surface area contributed by atoms with Gasteiger partial charge in [0.1, 0.15) is 25.9 Å². The molecule has 0 radical (unpaired) electrons. The lowest BCUT2D eigenvalue weighted by Gasteiger charge is -2.26. The molecule has 12 nitrogen and oxygen atoms in total. The van der Waals surface area contributed by atoms with E-state index in [-0.39, 0.29) is 39.2 Å². The number of phosphoric ester groups is 1. The third-order valence-corrected chi connectivity index (χ3v) is 6.83. The molecule has 0 spiro atoms. The number of esters is 2. The SMILES string of the molecule is [C-]#[N+]CCOP(=O)(OCC[N+](C)(C)C)OCC1OC(OC)C(OC(=O)CCCC)C1OC(=O)CCCC. The van der Waals surface area contributed by atoms with Gasteiger partial charge in [-0.2, -0.15) is 0 Å². The van der Waals surface area contributed by atoms with Crippen LogP contribution in [0.4, 0.5) is 0 Å². The van der Waals surface area contributed by atoms with Gasteiger partial charge in [-0.1, -0.05) is 26.7 Å². The minimum Gasteiger partial charge on any atom is -0.455 e. The summed E-state index contributed by atoms with van der Waals surface area (Å²) in [7, 11) is 3.15. The molecule has 1 rings (SSSR count). The molecule has 0 aromatic carbocycles. The van der Waals surface area contributed by atoms with E-state index in [9.17, 15) is 14.2 Å². The molecular weight excluding hydrogens is 507 g/mol. The second-order valence-corrected chi connectivity index (χ2v) is 11.4. The van der Waals surface area contributed by atoms with Crippen molar-refractivity contribution in [2.45, 2.75) is 77.0 Å². The minimum absolute atomic E-state index is 0.0226. The van der Waals surface area contributed by atoms with Crippen molar-refractivity contribution in [3.8, 4) is 0 Å². The first kappa shape index (κ1) is 33.4. The highest BCUT2D eigenvalue weighted by molar-refractivity contribution is 7.48. The lowest BCUT2D eigenvalue weighted by Crippen LogP contribution is -2.42. The smallest absolute Gasteiger partial charge is 0.455 e. The van der Waals surface area contributed by atoms with Gasteiger partial charge >= 0.3 is 19.8 Å². The molecule has 1 heterocycles. The Hall–Kier alpha value is -1.58. The number of rotatable bonds is 19. The Morgan fingerprint density at radius 1 is 0.946 bits per heavy atom. The Labute approximate surface area is 220 Å². The summed E-state index contributed by atoms with van der Waals surface area (Å²) in [6.07, 6.45) is -0.810. The number of nitrogens with zero attached hydrogens (tertiary/aromatic N) is 2. The highest BCUT2D eigenvalue weighted by atomic mass is 31.2. The zero-order chi connectivity index (χ0) is 27.9. The molecule has 0 amide bonds. The van der Waals surface area contributed by atoms with E-state index in [1.165, 1.54) is 7.11 Å². The van der Waals surface area contributed by atoms with Crippen molar-refractivity contribution in [3.63, 3.8) is 0 Å². The van der Waals surface area contributed by atoms with Crippen LogP contribution < -0.4 is 0 Å². The second-order valence-electron chi connectivity index (χ2n) is 9.70. The molecule has 0 aromatic rings. The molecule has 0 N–H and O–H groups in total. The van der Waals surface area contributed by atoms with Crippen molar-refractivity contribution >= 4 is 19.8 Å². The van der Waals surface area contributed by atoms with Crippen LogP contribution in [0.15, 0.2) is 0 Å². The Morgan fingerprint density at radius 3 is 2.03 bits per heavy atom. The van der Waals surface area contributed by atoms with E-state index in [0.29, 0.717) is 23.9 Å². The van der Waals surface area contributed by atoms with Crippen LogP contribution >= 0.6 is 7.82 Å². The molecule has 1 aliphatic heterocycles. The zero-order valence-electron chi connectivity index (χ0n) is 23.0. The maximum absolute atomic E-state index is 13.3. The average molecular weight is 552 g/mol. The number of phosphoric acid groups is 1. The quantitative estimate of drug-likeness (QED) is 0.0777. The maximum Gasteiger partial charge on any atom is 0.475 e. The topological polar surface area (TPSA) is 120 Å². The van der Waals surface area contributed by atoms with E-state index in [0.717, 1.165) is 12.8 Å². The summed E-state index contributed by atoms with van der Waals surface area (Å²) in [4.78, 5) is 28.0. The summed E-state index contributed by atoms with van der Waals surface area (Å²) >= 11 is 0. The van der Waals surface area contributed by atoms with E-state index in [4.69, 9.17) is 39.1 Å². The number of quaternary nitrogens is 1. The van der Waals surface area contributed by atoms with Crippen molar-refractivity contribution in [2.75, 3.05) is 61.2 Å². The highest BCUT2D eigenvalue weighted by Gasteiger charge is 2.51. The Kier molecular flexibility index (Phi) is 15.5. The molecule has 0 aliphatic carbocycles. The molecule has 1 aliphatic rings. The summed E-state index contributed by atoms with van der Waals surface area (Å²) in [6, 6.07) is 0. The second kappa shape index (κ2) is 17.1. The average Bonchev–Trinajstić information content (AvgIpc) is 3.15. The monoisotopic (exact) mass is 551 g/mol.